The molecule has 0 aliphatic rings. The number of carbonyl (C=O) groups excluding carboxylic acids is 1. The number of primary amides is 1. The first kappa shape index (κ1) is 22.5. The summed E-state index contributed by atoms with van der Waals surface area (Å²) in [4.78, 5) is 20.2. The van der Waals surface area contributed by atoms with Crippen LogP contribution in [0.3, 0.4) is 0 Å². The number of rotatable bonds is 8. The third-order valence-corrected chi connectivity index (χ3v) is 4.37. The number of benzene rings is 1. The minimum atomic E-state index is -2.76. The van der Waals surface area contributed by atoms with E-state index in [1.165, 1.54) is 25.4 Å². The summed E-state index contributed by atoms with van der Waals surface area (Å²) in [5.41, 5.74) is 19.4. The number of nitrogens with zero attached hydrogens (tertiary/aromatic N) is 3. The third kappa shape index (κ3) is 5.12. The molecule has 1 unspecified atom stereocenters. The normalized spacial score (nSPS) is 13.4. The van der Waals surface area contributed by atoms with E-state index in [1.54, 1.807) is 41.8 Å². The number of anilines is 1. The minimum absolute atomic E-state index is 0.103. The molecule has 0 radical (unpaired) electrons. The first-order chi connectivity index (χ1) is 15.2. The van der Waals surface area contributed by atoms with Crippen molar-refractivity contribution in [2.24, 2.45) is 17.2 Å². The smallest absolute Gasteiger partial charge is 0.274 e. The number of halogens is 2. The Labute approximate surface area is 182 Å². The average Bonchev–Trinajstić information content (AvgIpc) is 3.15. The number of imidazole rings is 1. The molecule has 0 saturated carbocycles. The van der Waals surface area contributed by atoms with Gasteiger partial charge in [0.1, 0.15) is 23.5 Å². The van der Waals surface area contributed by atoms with E-state index >= 15 is 0 Å². The largest absolute Gasteiger partial charge is 0.468 e. The van der Waals surface area contributed by atoms with Crippen molar-refractivity contribution in [3.8, 4) is 11.7 Å². The molecule has 0 bridgehead atoms. The Morgan fingerprint density at radius 1 is 1.19 bits per heavy atom. The summed E-state index contributed by atoms with van der Waals surface area (Å²) in [6.07, 6.45) is 0.569. The number of allylic oxidation sites excluding steroid dienone is 3. The maximum atomic E-state index is 13.0. The highest BCUT2D eigenvalue weighted by atomic mass is 19.3. The van der Waals surface area contributed by atoms with Gasteiger partial charge in [-0.25, -0.2) is 13.8 Å². The number of aromatic nitrogens is 3. The van der Waals surface area contributed by atoms with Gasteiger partial charge in [-0.15, -0.1) is 0 Å². The van der Waals surface area contributed by atoms with E-state index in [2.05, 4.69) is 15.3 Å². The summed E-state index contributed by atoms with van der Waals surface area (Å²) in [7, 11) is 0. The highest BCUT2D eigenvalue weighted by molar-refractivity contribution is 5.95. The van der Waals surface area contributed by atoms with Crippen LogP contribution in [0, 0.1) is 0 Å². The van der Waals surface area contributed by atoms with Gasteiger partial charge < -0.3 is 27.3 Å². The molecule has 0 spiro atoms. The standard InChI is InChI=1S/C21H23F2N7O2/c1-11(24)3-7-17(25)28-13-4-6-15-16(9-13)30(10-27-15)18-8-5-14(20(26)31)21(29-18)32-12(2)19(22)23/h3-10,12,19,28H,24-25H2,1-2H3,(H2,26,31)/b11-3-,17-7+. The lowest BCUT2D eigenvalue weighted by Gasteiger charge is -2.16. The Balaban J connectivity index is 2.01. The van der Waals surface area contributed by atoms with Gasteiger partial charge in [-0.3, -0.25) is 9.36 Å². The Bertz CT molecular complexity index is 1200. The summed E-state index contributed by atoms with van der Waals surface area (Å²) in [6.45, 7) is 2.92. The average molecular weight is 443 g/mol. The first-order valence-electron chi connectivity index (χ1n) is 9.55. The van der Waals surface area contributed by atoms with Crippen LogP contribution in [0.5, 0.6) is 5.88 Å². The van der Waals surface area contributed by atoms with Crippen LogP contribution < -0.4 is 27.3 Å². The summed E-state index contributed by atoms with van der Waals surface area (Å²) in [6, 6.07) is 8.24. The Hall–Kier alpha value is -4.15. The van der Waals surface area contributed by atoms with Crippen LogP contribution in [0.2, 0.25) is 0 Å². The number of nitrogens with one attached hydrogen (secondary N) is 1. The second-order valence-corrected chi connectivity index (χ2v) is 7.02. The molecule has 1 aromatic carbocycles. The topological polar surface area (TPSA) is 147 Å². The number of fused-ring (bicyclic) bond motifs is 1. The van der Waals surface area contributed by atoms with E-state index in [0.29, 0.717) is 34.1 Å². The quantitative estimate of drug-likeness (QED) is 0.391. The van der Waals surface area contributed by atoms with Crippen molar-refractivity contribution in [3.05, 3.63) is 65.9 Å². The summed E-state index contributed by atoms with van der Waals surface area (Å²) in [5.74, 6) is -0.446. The number of amides is 1. The maximum absolute atomic E-state index is 13.0. The van der Waals surface area contributed by atoms with Crippen LogP contribution in [0.1, 0.15) is 24.2 Å². The van der Waals surface area contributed by atoms with Crippen molar-refractivity contribution in [1.29, 1.82) is 0 Å². The molecule has 9 nitrogen and oxygen atoms in total. The van der Waals surface area contributed by atoms with E-state index < -0.39 is 18.4 Å². The molecule has 0 aliphatic heterocycles. The fourth-order valence-electron chi connectivity index (χ4n) is 2.77. The van der Waals surface area contributed by atoms with Crippen LogP contribution in [0.15, 0.2) is 60.3 Å². The Morgan fingerprint density at radius 2 is 1.94 bits per heavy atom. The number of ether oxygens (including phenoxy) is 1. The zero-order valence-corrected chi connectivity index (χ0v) is 17.4. The van der Waals surface area contributed by atoms with E-state index in [-0.39, 0.29) is 11.4 Å². The predicted molar refractivity (Wildman–Crippen MR) is 117 cm³/mol. The number of alkyl halides is 2. The summed E-state index contributed by atoms with van der Waals surface area (Å²) < 4.78 is 32.7. The number of nitrogens with two attached hydrogens (primary N) is 3. The van der Waals surface area contributed by atoms with Gasteiger partial charge in [0, 0.05) is 11.4 Å². The van der Waals surface area contributed by atoms with Crippen LogP contribution in [0.25, 0.3) is 16.9 Å². The van der Waals surface area contributed by atoms with E-state index in [9.17, 15) is 13.6 Å². The Kier molecular flexibility index (Phi) is 6.57. The van der Waals surface area contributed by atoms with Gasteiger partial charge in [-0.1, -0.05) is 0 Å². The minimum Gasteiger partial charge on any atom is -0.468 e. The molecule has 0 aliphatic carbocycles. The molecule has 3 aromatic rings. The monoisotopic (exact) mass is 443 g/mol. The van der Waals surface area contributed by atoms with Crippen LogP contribution in [0.4, 0.5) is 14.5 Å². The third-order valence-electron chi connectivity index (χ3n) is 4.37. The van der Waals surface area contributed by atoms with Gasteiger partial charge in [-0.2, -0.15) is 4.98 Å². The van der Waals surface area contributed by atoms with Gasteiger partial charge in [0.25, 0.3) is 12.3 Å². The van der Waals surface area contributed by atoms with E-state index in [1.807, 2.05) is 0 Å². The highest BCUT2D eigenvalue weighted by Gasteiger charge is 2.21. The van der Waals surface area contributed by atoms with Crippen molar-refractivity contribution in [2.75, 3.05) is 5.32 Å². The summed E-state index contributed by atoms with van der Waals surface area (Å²) in [5, 5.41) is 3.04. The SMILES string of the molecule is C/C(N)=C/C=C(\N)Nc1ccc2ncn(-c3ccc(C(N)=O)c(OC(C)C(F)F)n3)c2c1. The lowest BCUT2D eigenvalue weighted by Crippen LogP contribution is -2.24. The molecule has 7 N–H and O–H groups in total. The predicted octanol–water partition coefficient (Wildman–Crippen LogP) is 2.63. The molecular formula is C21H23F2N7O2. The molecule has 2 aromatic heterocycles. The molecule has 2 heterocycles. The number of hydrogen-bond acceptors (Lipinski definition) is 7. The van der Waals surface area contributed by atoms with Crippen molar-refractivity contribution in [1.82, 2.24) is 14.5 Å². The second-order valence-electron chi connectivity index (χ2n) is 7.02. The molecule has 3 rings (SSSR count). The molecule has 1 amide bonds. The highest BCUT2D eigenvalue weighted by Crippen LogP contribution is 2.25. The van der Waals surface area contributed by atoms with Crippen LogP contribution in [-0.4, -0.2) is 33.0 Å². The van der Waals surface area contributed by atoms with Gasteiger partial charge in [0.15, 0.2) is 6.10 Å². The number of carbonyl (C=O) groups is 1. The van der Waals surface area contributed by atoms with Gasteiger partial charge >= 0.3 is 0 Å². The number of hydrogen-bond donors (Lipinski definition) is 4. The second kappa shape index (κ2) is 9.33. The van der Waals surface area contributed by atoms with Gasteiger partial charge in [0.05, 0.1) is 11.0 Å². The first-order valence-corrected chi connectivity index (χ1v) is 9.55. The fourth-order valence-corrected chi connectivity index (χ4v) is 2.77. The van der Waals surface area contributed by atoms with E-state index in [0.717, 1.165) is 0 Å². The zero-order valence-electron chi connectivity index (χ0n) is 17.4. The molecule has 11 heteroatoms. The fraction of sp³-hybridized carbons (Fsp3) is 0.190. The molecule has 0 saturated heterocycles. The number of pyridine rings is 1. The van der Waals surface area contributed by atoms with Crippen molar-refractivity contribution in [3.63, 3.8) is 0 Å². The molecule has 0 fully saturated rings. The van der Waals surface area contributed by atoms with Crippen molar-refractivity contribution < 1.29 is 18.3 Å². The Morgan fingerprint density at radius 3 is 2.59 bits per heavy atom. The lowest BCUT2D eigenvalue weighted by molar-refractivity contribution is 0.0196. The van der Waals surface area contributed by atoms with Crippen LogP contribution in [-0.2, 0) is 0 Å². The zero-order chi connectivity index (χ0) is 23.4. The molecule has 168 valence electrons. The molecule has 1 atom stereocenters. The van der Waals surface area contributed by atoms with E-state index in [4.69, 9.17) is 21.9 Å². The van der Waals surface area contributed by atoms with Gasteiger partial charge in [0.2, 0.25) is 5.88 Å². The van der Waals surface area contributed by atoms with Crippen molar-refractivity contribution >= 4 is 22.6 Å². The lowest BCUT2D eigenvalue weighted by atomic mass is 10.2. The van der Waals surface area contributed by atoms with Gasteiger partial charge in [-0.05, 0) is 56.3 Å². The van der Waals surface area contributed by atoms with Crippen molar-refractivity contribution in [2.45, 2.75) is 26.4 Å². The maximum Gasteiger partial charge on any atom is 0.274 e. The summed E-state index contributed by atoms with van der Waals surface area (Å²) >= 11 is 0. The molecular weight excluding hydrogens is 420 g/mol. The molecule has 32 heavy (non-hydrogen) atoms. The van der Waals surface area contributed by atoms with Crippen LogP contribution >= 0.6 is 0 Å².